The van der Waals surface area contributed by atoms with E-state index in [1.165, 1.54) is 49.4 Å². The Morgan fingerprint density at radius 2 is 1.80 bits per heavy atom. The van der Waals surface area contributed by atoms with Crippen LogP contribution in [-0.2, 0) is 0 Å². The summed E-state index contributed by atoms with van der Waals surface area (Å²) in [6, 6.07) is 9.36. The molecule has 2 aromatic rings. The van der Waals surface area contributed by atoms with Gasteiger partial charge in [-0.15, -0.1) is 0 Å². The molecular formula is C15H11BrF2O2. The molecule has 0 aliphatic rings. The summed E-state index contributed by atoms with van der Waals surface area (Å²) in [4.78, 5) is 12.1. The number of hydrogen-bond donors (Lipinski definition) is 0. The number of Topliss-reactive ketones (excluding diaryl/α,β-unsaturated/α-hetero) is 1. The van der Waals surface area contributed by atoms with Gasteiger partial charge >= 0.3 is 0 Å². The van der Waals surface area contributed by atoms with E-state index in [0.29, 0.717) is 10.0 Å². The number of carbonyl (C=O) groups excluding carboxylic acids is 1. The average Bonchev–Trinajstić information content (AvgIpc) is 2.43. The second-order valence-electron chi connectivity index (χ2n) is 4.21. The maximum absolute atomic E-state index is 13.5. The van der Waals surface area contributed by atoms with Gasteiger partial charge in [0.25, 0.3) is 0 Å². The number of halogens is 3. The Morgan fingerprint density at radius 3 is 2.45 bits per heavy atom. The third-order valence-electron chi connectivity index (χ3n) is 2.69. The molecule has 0 saturated carbocycles. The summed E-state index contributed by atoms with van der Waals surface area (Å²) < 4.78 is 32.3. The Hall–Kier alpha value is -1.75. The third kappa shape index (κ3) is 3.42. The van der Waals surface area contributed by atoms with Crippen molar-refractivity contribution in [3.63, 3.8) is 0 Å². The second kappa shape index (κ2) is 6.13. The van der Waals surface area contributed by atoms with Crippen LogP contribution in [0.25, 0.3) is 0 Å². The number of rotatable bonds is 4. The van der Waals surface area contributed by atoms with Gasteiger partial charge in [0.05, 0.1) is 0 Å². The number of hydrogen-bond acceptors (Lipinski definition) is 2. The molecule has 0 spiro atoms. The lowest BCUT2D eigenvalue weighted by atomic mass is 10.1. The molecule has 5 heteroatoms. The van der Waals surface area contributed by atoms with Crippen LogP contribution in [0.4, 0.5) is 8.78 Å². The second-order valence-corrected chi connectivity index (χ2v) is 5.12. The highest BCUT2D eigenvalue weighted by Gasteiger charge is 2.18. The van der Waals surface area contributed by atoms with Crippen LogP contribution >= 0.6 is 15.9 Å². The topological polar surface area (TPSA) is 26.3 Å². The predicted octanol–water partition coefficient (Wildman–Crippen LogP) is 4.38. The van der Waals surface area contributed by atoms with Crippen LogP contribution in [0.1, 0.15) is 17.3 Å². The van der Waals surface area contributed by atoms with Crippen molar-refractivity contribution >= 4 is 21.7 Å². The molecule has 104 valence electrons. The van der Waals surface area contributed by atoms with Gasteiger partial charge in [0.1, 0.15) is 5.82 Å². The summed E-state index contributed by atoms with van der Waals surface area (Å²) in [5.74, 6) is -1.33. The summed E-state index contributed by atoms with van der Waals surface area (Å²) in [5.41, 5.74) is 0.314. The molecule has 0 aromatic heterocycles. The standard InChI is InChI=1S/C15H11BrF2O2/c1-9(15(19)10-2-5-12(17)6-3-10)20-14-8-11(16)4-7-13(14)18/h2-9H,1H3. The van der Waals surface area contributed by atoms with Crippen molar-refractivity contribution in [2.75, 3.05) is 0 Å². The van der Waals surface area contributed by atoms with Gasteiger partial charge in [-0.05, 0) is 49.4 Å². The van der Waals surface area contributed by atoms with E-state index in [9.17, 15) is 13.6 Å². The minimum atomic E-state index is -0.871. The summed E-state index contributed by atoms with van der Waals surface area (Å²) in [7, 11) is 0. The van der Waals surface area contributed by atoms with Crippen LogP contribution in [0.5, 0.6) is 5.75 Å². The van der Waals surface area contributed by atoms with E-state index < -0.39 is 17.7 Å². The summed E-state index contributed by atoms with van der Waals surface area (Å²) in [6.45, 7) is 1.52. The minimum Gasteiger partial charge on any atom is -0.479 e. The van der Waals surface area contributed by atoms with E-state index >= 15 is 0 Å². The van der Waals surface area contributed by atoms with Gasteiger partial charge in [-0.2, -0.15) is 0 Å². The van der Waals surface area contributed by atoms with Gasteiger partial charge in [0.15, 0.2) is 17.7 Å². The predicted molar refractivity (Wildman–Crippen MR) is 74.9 cm³/mol. The van der Waals surface area contributed by atoms with Gasteiger partial charge in [0, 0.05) is 10.0 Å². The van der Waals surface area contributed by atoms with Crippen molar-refractivity contribution in [2.45, 2.75) is 13.0 Å². The number of benzene rings is 2. The number of carbonyl (C=O) groups is 1. The molecule has 0 fully saturated rings. The highest BCUT2D eigenvalue weighted by Crippen LogP contribution is 2.24. The molecule has 0 heterocycles. The normalized spacial score (nSPS) is 12.0. The van der Waals surface area contributed by atoms with Crippen molar-refractivity contribution in [2.24, 2.45) is 0 Å². The zero-order chi connectivity index (χ0) is 14.7. The van der Waals surface area contributed by atoms with Crippen LogP contribution in [0.3, 0.4) is 0 Å². The molecule has 0 amide bonds. The van der Waals surface area contributed by atoms with Gasteiger partial charge in [0.2, 0.25) is 5.78 Å². The van der Waals surface area contributed by atoms with Crippen molar-refractivity contribution in [3.8, 4) is 5.75 Å². The van der Waals surface area contributed by atoms with E-state index in [0.717, 1.165) is 0 Å². The molecule has 0 aliphatic carbocycles. The van der Waals surface area contributed by atoms with Crippen LogP contribution in [-0.4, -0.2) is 11.9 Å². The van der Waals surface area contributed by atoms with Crippen molar-refractivity contribution in [1.29, 1.82) is 0 Å². The van der Waals surface area contributed by atoms with Gasteiger partial charge in [-0.1, -0.05) is 15.9 Å². The molecule has 0 N–H and O–H groups in total. The fourth-order valence-electron chi connectivity index (χ4n) is 1.66. The molecular weight excluding hydrogens is 330 g/mol. The Morgan fingerprint density at radius 1 is 1.15 bits per heavy atom. The molecule has 0 bridgehead atoms. The summed E-state index contributed by atoms with van der Waals surface area (Å²) >= 11 is 3.20. The lowest BCUT2D eigenvalue weighted by Gasteiger charge is -2.14. The first kappa shape index (κ1) is 14.7. The Balaban J connectivity index is 2.15. The van der Waals surface area contributed by atoms with E-state index in [-0.39, 0.29) is 11.5 Å². The molecule has 20 heavy (non-hydrogen) atoms. The minimum absolute atomic E-state index is 0.0117. The van der Waals surface area contributed by atoms with Crippen molar-refractivity contribution in [1.82, 2.24) is 0 Å². The molecule has 2 aromatic carbocycles. The Kier molecular flexibility index (Phi) is 4.49. The van der Waals surface area contributed by atoms with Crippen LogP contribution < -0.4 is 4.74 Å². The fourth-order valence-corrected chi connectivity index (χ4v) is 2.00. The monoisotopic (exact) mass is 340 g/mol. The highest BCUT2D eigenvalue weighted by molar-refractivity contribution is 9.10. The third-order valence-corrected chi connectivity index (χ3v) is 3.19. The first-order valence-corrected chi connectivity index (χ1v) is 6.68. The molecule has 2 rings (SSSR count). The highest BCUT2D eigenvalue weighted by atomic mass is 79.9. The SMILES string of the molecule is CC(Oc1cc(Br)ccc1F)C(=O)c1ccc(F)cc1. The fraction of sp³-hybridized carbons (Fsp3) is 0.133. The lowest BCUT2D eigenvalue weighted by Crippen LogP contribution is -2.24. The smallest absolute Gasteiger partial charge is 0.202 e. The van der Waals surface area contributed by atoms with Crippen LogP contribution in [0.15, 0.2) is 46.9 Å². The average molecular weight is 341 g/mol. The van der Waals surface area contributed by atoms with Crippen molar-refractivity contribution in [3.05, 3.63) is 64.1 Å². The van der Waals surface area contributed by atoms with E-state index in [4.69, 9.17) is 4.74 Å². The molecule has 0 aliphatic heterocycles. The first-order chi connectivity index (χ1) is 9.47. The zero-order valence-electron chi connectivity index (χ0n) is 10.6. The van der Waals surface area contributed by atoms with E-state index in [1.807, 2.05) is 0 Å². The summed E-state index contributed by atoms with van der Waals surface area (Å²) in [5, 5.41) is 0. The number of ketones is 1. The van der Waals surface area contributed by atoms with Gasteiger partial charge in [-0.3, -0.25) is 4.79 Å². The maximum atomic E-state index is 13.5. The largest absolute Gasteiger partial charge is 0.479 e. The molecule has 0 saturated heterocycles. The molecule has 2 nitrogen and oxygen atoms in total. The van der Waals surface area contributed by atoms with Crippen LogP contribution in [0, 0.1) is 11.6 Å². The lowest BCUT2D eigenvalue weighted by molar-refractivity contribution is 0.0812. The molecule has 1 unspecified atom stereocenters. The Bertz CT molecular complexity index is 626. The summed E-state index contributed by atoms with van der Waals surface area (Å²) in [6.07, 6.45) is -0.871. The molecule has 0 radical (unpaired) electrons. The first-order valence-electron chi connectivity index (χ1n) is 5.89. The van der Waals surface area contributed by atoms with Gasteiger partial charge in [-0.25, -0.2) is 8.78 Å². The van der Waals surface area contributed by atoms with Crippen molar-refractivity contribution < 1.29 is 18.3 Å². The number of ether oxygens (including phenoxy) is 1. The van der Waals surface area contributed by atoms with Crippen LogP contribution in [0.2, 0.25) is 0 Å². The zero-order valence-corrected chi connectivity index (χ0v) is 12.2. The van der Waals surface area contributed by atoms with Gasteiger partial charge < -0.3 is 4.74 Å². The maximum Gasteiger partial charge on any atom is 0.202 e. The Labute approximate surface area is 123 Å². The van der Waals surface area contributed by atoms with E-state index in [1.54, 1.807) is 0 Å². The quantitative estimate of drug-likeness (QED) is 0.772. The molecule has 1 atom stereocenters. The van der Waals surface area contributed by atoms with E-state index in [2.05, 4.69) is 15.9 Å².